The number of aryl methyl sites for hydroxylation is 1. The van der Waals surface area contributed by atoms with Crippen LogP contribution >= 0.6 is 11.3 Å². The summed E-state index contributed by atoms with van der Waals surface area (Å²) in [6, 6.07) is 5.84. The molecule has 0 saturated carbocycles. The molecule has 1 atom stereocenters. The normalized spacial score (nSPS) is 11.6. The molecular formula is C17H17FN2O3S. The van der Waals surface area contributed by atoms with E-state index in [0.29, 0.717) is 27.7 Å². The summed E-state index contributed by atoms with van der Waals surface area (Å²) in [5, 5.41) is 3.14. The summed E-state index contributed by atoms with van der Waals surface area (Å²) in [6.07, 6.45) is 0.614. The van der Waals surface area contributed by atoms with E-state index in [1.165, 1.54) is 25.1 Å². The van der Waals surface area contributed by atoms with Crippen molar-refractivity contribution in [1.29, 1.82) is 0 Å². The minimum atomic E-state index is -0.923. The monoisotopic (exact) mass is 348 g/mol. The van der Waals surface area contributed by atoms with E-state index >= 15 is 0 Å². The van der Waals surface area contributed by atoms with Gasteiger partial charge in [-0.25, -0.2) is 14.2 Å². The smallest absolute Gasteiger partial charge is 0.351 e. The van der Waals surface area contributed by atoms with E-state index in [9.17, 15) is 14.0 Å². The predicted octanol–water partition coefficient (Wildman–Crippen LogP) is 3.11. The first-order valence-corrected chi connectivity index (χ1v) is 8.07. The Morgan fingerprint density at radius 2 is 2.08 bits per heavy atom. The number of benzene rings is 1. The van der Waals surface area contributed by atoms with Crippen molar-refractivity contribution in [2.24, 2.45) is 0 Å². The van der Waals surface area contributed by atoms with Crippen molar-refractivity contribution in [2.75, 3.05) is 6.54 Å². The number of amides is 1. The lowest BCUT2D eigenvalue weighted by atomic mass is 10.2. The summed E-state index contributed by atoms with van der Waals surface area (Å²) < 4.78 is 18.2. The van der Waals surface area contributed by atoms with Gasteiger partial charge in [0.1, 0.15) is 15.7 Å². The average Bonchev–Trinajstić information content (AvgIpc) is 2.95. The molecule has 2 aromatic rings. The molecule has 1 heterocycles. The lowest BCUT2D eigenvalue weighted by Gasteiger charge is -2.12. The second-order valence-corrected chi connectivity index (χ2v) is 6.02. The molecule has 1 amide bonds. The summed E-state index contributed by atoms with van der Waals surface area (Å²) in [7, 11) is 0. The molecule has 0 aliphatic heterocycles. The van der Waals surface area contributed by atoms with Crippen molar-refractivity contribution in [2.45, 2.75) is 20.0 Å². The number of nitrogens with one attached hydrogen (secondary N) is 1. The predicted molar refractivity (Wildman–Crippen MR) is 90.3 cm³/mol. The standard InChI is InChI=1S/C17H17FN2O3S/c1-4-9-19-15(21)11(3)23-17(22)14-10(2)20-16(24-14)12-5-7-13(18)8-6-12/h4-8,11H,1,9H2,2-3H3,(H,19,21)/t11-/m1/s1. The van der Waals surface area contributed by atoms with E-state index in [0.717, 1.165) is 11.3 Å². The summed E-state index contributed by atoms with van der Waals surface area (Å²) >= 11 is 1.14. The van der Waals surface area contributed by atoms with Gasteiger partial charge in [0, 0.05) is 12.1 Å². The number of halogens is 1. The minimum absolute atomic E-state index is 0.301. The van der Waals surface area contributed by atoms with E-state index in [1.54, 1.807) is 19.1 Å². The molecular weight excluding hydrogens is 331 g/mol. The number of carbonyl (C=O) groups excluding carboxylic acids is 2. The Morgan fingerprint density at radius 1 is 1.42 bits per heavy atom. The molecule has 1 aromatic heterocycles. The summed E-state index contributed by atoms with van der Waals surface area (Å²) in [5.74, 6) is -1.35. The largest absolute Gasteiger partial charge is 0.448 e. The van der Waals surface area contributed by atoms with Crippen molar-refractivity contribution in [3.63, 3.8) is 0 Å². The SMILES string of the molecule is C=CCNC(=O)[C@@H](C)OC(=O)c1sc(-c2ccc(F)cc2)nc1C. The number of rotatable bonds is 6. The van der Waals surface area contributed by atoms with Gasteiger partial charge in [-0.3, -0.25) is 4.79 Å². The molecule has 0 saturated heterocycles. The van der Waals surface area contributed by atoms with Crippen LogP contribution in [0.3, 0.4) is 0 Å². The number of hydrogen-bond acceptors (Lipinski definition) is 5. The molecule has 5 nitrogen and oxygen atoms in total. The van der Waals surface area contributed by atoms with Crippen LogP contribution in [0.15, 0.2) is 36.9 Å². The minimum Gasteiger partial charge on any atom is -0.448 e. The molecule has 0 radical (unpaired) electrons. The van der Waals surface area contributed by atoms with Gasteiger partial charge >= 0.3 is 5.97 Å². The number of carbonyl (C=O) groups is 2. The van der Waals surface area contributed by atoms with Gasteiger partial charge in [-0.2, -0.15) is 0 Å². The van der Waals surface area contributed by atoms with Crippen molar-refractivity contribution < 1.29 is 18.7 Å². The summed E-state index contributed by atoms with van der Waals surface area (Å²) in [4.78, 5) is 28.6. The van der Waals surface area contributed by atoms with Gasteiger partial charge < -0.3 is 10.1 Å². The average molecular weight is 348 g/mol. The van der Waals surface area contributed by atoms with Crippen LogP contribution in [-0.4, -0.2) is 29.5 Å². The molecule has 1 N–H and O–H groups in total. The maximum Gasteiger partial charge on any atom is 0.351 e. The van der Waals surface area contributed by atoms with Crippen molar-refractivity contribution in [3.8, 4) is 10.6 Å². The van der Waals surface area contributed by atoms with Crippen LogP contribution in [-0.2, 0) is 9.53 Å². The first-order valence-electron chi connectivity index (χ1n) is 7.25. The van der Waals surface area contributed by atoms with E-state index < -0.39 is 18.0 Å². The fourth-order valence-electron chi connectivity index (χ4n) is 1.89. The summed E-state index contributed by atoms with van der Waals surface area (Å²) in [5.41, 5.74) is 1.21. The molecule has 0 bridgehead atoms. The van der Waals surface area contributed by atoms with Gasteiger partial charge in [0.2, 0.25) is 0 Å². The number of aromatic nitrogens is 1. The Balaban J connectivity index is 2.11. The highest BCUT2D eigenvalue weighted by Gasteiger charge is 2.22. The van der Waals surface area contributed by atoms with Crippen LogP contribution in [0.2, 0.25) is 0 Å². The van der Waals surface area contributed by atoms with E-state index in [4.69, 9.17) is 4.74 Å². The number of thiazole rings is 1. The zero-order valence-electron chi connectivity index (χ0n) is 13.3. The highest BCUT2D eigenvalue weighted by Crippen LogP contribution is 2.28. The third-order valence-corrected chi connectivity index (χ3v) is 4.33. The van der Waals surface area contributed by atoms with E-state index in [-0.39, 0.29) is 5.82 Å². The maximum atomic E-state index is 13.0. The van der Waals surface area contributed by atoms with Gasteiger partial charge in [0.25, 0.3) is 5.91 Å². The Morgan fingerprint density at radius 3 is 2.71 bits per heavy atom. The third kappa shape index (κ3) is 4.26. The number of hydrogen-bond donors (Lipinski definition) is 1. The maximum absolute atomic E-state index is 13.0. The molecule has 0 aliphatic rings. The molecule has 7 heteroatoms. The van der Waals surface area contributed by atoms with Crippen molar-refractivity contribution >= 4 is 23.2 Å². The molecule has 0 aliphatic carbocycles. The molecule has 126 valence electrons. The Hall–Kier alpha value is -2.54. The van der Waals surface area contributed by atoms with Crippen LogP contribution in [0.25, 0.3) is 10.6 Å². The zero-order valence-corrected chi connectivity index (χ0v) is 14.2. The Kier molecular flexibility index (Phi) is 5.81. The molecule has 1 aromatic carbocycles. The quantitative estimate of drug-likeness (QED) is 0.643. The van der Waals surface area contributed by atoms with Crippen LogP contribution in [0.4, 0.5) is 4.39 Å². The molecule has 0 spiro atoms. The fraction of sp³-hybridized carbons (Fsp3) is 0.235. The third-order valence-electron chi connectivity index (χ3n) is 3.15. The molecule has 0 fully saturated rings. The van der Waals surface area contributed by atoms with Crippen LogP contribution in [0.5, 0.6) is 0 Å². The van der Waals surface area contributed by atoms with Crippen molar-refractivity contribution in [1.82, 2.24) is 10.3 Å². The molecule has 0 unspecified atom stereocenters. The zero-order chi connectivity index (χ0) is 17.7. The lowest BCUT2D eigenvalue weighted by molar-refractivity contribution is -0.128. The second kappa shape index (κ2) is 7.83. The molecule has 24 heavy (non-hydrogen) atoms. The van der Waals surface area contributed by atoms with E-state index in [1.807, 2.05) is 0 Å². The topological polar surface area (TPSA) is 68.3 Å². The first kappa shape index (κ1) is 17.8. The Bertz CT molecular complexity index is 756. The fourth-order valence-corrected chi connectivity index (χ4v) is 2.84. The molecule has 2 rings (SSSR count). The number of nitrogens with zero attached hydrogens (tertiary/aromatic N) is 1. The number of esters is 1. The van der Waals surface area contributed by atoms with Gasteiger partial charge in [0.05, 0.1) is 5.69 Å². The van der Waals surface area contributed by atoms with E-state index in [2.05, 4.69) is 16.9 Å². The van der Waals surface area contributed by atoms with Crippen LogP contribution in [0, 0.1) is 12.7 Å². The summed E-state index contributed by atoms with van der Waals surface area (Å²) in [6.45, 7) is 6.97. The van der Waals surface area contributed by atoms with Gasteiger partial charge in [-0.05, 0) is 38.1 Å². The highest BCUT2D eigenvalue weighted by atomic mass is 32.1. The van der Waals surface area contributed by atoms with Gasteiger partial charge in [-0.1, -0.05) is 6.08 Å². The van der Waals surface area contributed by atoms with Crippen molar-refractivity contribution in [3.05, 3.63) is 53.3 Å². The lowest BCUT2D eigenvalue weighted by Crippen LogP contribution is -2.35. The Labute approximate surface area is 143 Å². The van der Waals surface area contributed by atoms with Crippen LogP contribution in [0.1, 0.15) is 22.3 Å². The first-order chi connectivity index (χ1) is 11.4. The highest BCUT2D eigenvalue weighted by molar-refractivity contribution is 7.17. The van der Waals surface area contributed by atoms with Crippen LogP contribution < -0.4 is 5.32 Å². The second-order valence-electron chi connectivity index (χ2n) is 5.02. The van der Waals surface area contributed by atoms with Gasteiger partial charge in [-0.15, -0.1) is 17.9 Å². The number of ether oxygens (including phenoxy) is 1. The van der Waals surface area contributed by atoms with Gasteiger partial charge in [0.15, 0.2) is 6.10 Å².